The predicted octanol–water partition coefficient (Wildman–Crippen LogP) is -4.71. The predicted molar refractivity (Wildman–Crippen MR) is 372 cm³/mol. The zero-order valence-corrected chi connectivity index (χ0v) is 58.9. The Balaban J connectivity index is 1.26. The fourth-order valence-corrected chi connectivity index (χ4v) is 13.2. The number of aliphatic hydroxyl groups is 1. The Morgan fingerprint density at radius 3 is 1.70 bits per heavy atom. The molecule has 0 spiro atoms. The number of carbonyl (C=O) groups is 13. The van der Waals surface area contributed by atoms with Crippen molar-refractivity contribution in [3.8, 4) is 0 Å². The molecule has 1 aromatic rings. The molecule has 4 fully saturated rings. The molecular formula is C64H107N21O15S. The third-order valence-corrected chi connectivity index (χ3v) is 18.7. The molecule has 3 saturated heterocycles. The van der Waals surface area contributed by atoms with Crippen molar-refractivity contribution in [1.29, 1.82) is 0 Å². The van der Waals surface area contributed by atoms with E-state index in [-0.39, 0.29) is 146 Å². The van der Waals surface area contributed by atoms with E-state index in [1.807, 2.05) is 6.26 Å². The summed E-state index contributed by atoms with van der Waals surface area (Å²) in [5.41, 5.74) is 28.3. The van der Waals surface area contributed by atoms with Crippen LogP contribution in [0.4, 0.5) is 0 Å². The van der Waals surface area contributed by atoms with Crippen molar-refractivity contribution < 1.29 is 72.5 Å². The molecule has 564 valence electrons. The highest BCUT2D eigenvalue weighted by atomic mass is 32.2. The van der Waals surface area contributed by atoms with E-state index in [2.05, 4.69) is 73.1 Å². The maximum atomic E-state index is 14.5. The standard InChI is InChI=1S/C64H107N21O15S/c1-36(2)29-44(80-53(90)40(16-9-24-71-63(66)67)77-60(97)49-19-12-27-85(49)61(98)43(17-10-25-72-64(68)69)79-54(91)41-20-21-50(87)75-41)56(93)83-47(34-86)58(95)81-45(31-38-32-70-35-74-38)57(94)76-39(15-7-8-23-65)52(89)73-33-51(88)84-26-11-18-48(84)59(96)78-42(22-28-101-3)55(92)82-46(62(99)100)30-37-13-5-4-6-14-37/h32,35-37,39-49,86H,4-31,33-34,65H2,1-3H3,(H,70,74)(H,73,89)(H,75,87)(H,76,94)(H,77,97)(H,78,96)(H,79,91)(H,80,90)(H,81,95)(H,82,92)(H,83,93)(H,99,100)(H4,66,67,71)(H4,68,69,72)/t39-,40-,41-,42-,43-,44-,45-,46-,47-,48-,49-/m0/s1. The molecule has 0 bridgehead atoms. The van der Waals surface area contributed by atoms with Gasteiger partial charge in [-0.1, -0.05) is 46.0 Å². The molecule has 0 unspecified atom stereocenters. The highest BCUT2D eigenvalue weighted by Gasteiger charge is 2.42. The zero-order chi connectivity index (χ0) is 74.1. The summed E-state index contributed by atoms with van der Waals surface area (Å²) in [7, 11) is 0. The fraction of sp³-hybridized carbons (Fsp3) is 0.719. The van der Waals surface area contributed by atoms with Gasteiger partial charge in [0, 0.05) is 50.9 Å². The van der Waals surface area contributed by atoms with E-state index in [9.17, 15) is 72.5 Å². The number of aromatic nitrogens is 2. The van der Waals surface area contributed by atoms with Gasteiger partial charge in [-0.15, -0.1) is 0 Å². The van der Waals surface area contributed by atoms with Crippen LogP contribution < -0.4 is 81.8 Å². The molecule has 5 rings (SSSR count). The first-order valence-corrected chi connectivity index (χ1v) is 36.3. The summed E-state index contributed by atoms with van der Waals surface area (Å²) >= 11 is 1.43. The van der Waals surface area contributed by atoms with Gasteiger partial charge in [0.2, 0.25) is 70.9 Å². The van der Waals surface area contributed by atoms with Gasteiger partial charge in [0.15, 0.2) is 11.9 Å². The molecule has 1 aliphatic carbocycles. The Morgan fingerprint density at radius 1 is 0.614 bits per heavy atom. The van der Waals surface area contributed by atoms with Crippen LogP contribution in [0.5, 0.6) is 0 Å². The number of hydrogen-bond acceptors (Lipinski definition) is 19. The summed E-state index contributed by atoms with van der Waals surface area (Å²) in [5, 5.41) is 47.1. The first-order chi connectivity index (χ1) is 48.2. The molecule has 4 aliphatic rings. The van der Waals surface area contributed by atoms with Crippen LogP contribution in [0.25, 0.3) is 0 Å². The van der Waals surface area contributed by atoms with Crippen LogP contribution >= 0.6 is 11.8 Å². The molecule has 3 aliphatic heterocycles. The molecule has 4 heterocycles. The smallest absolute Gasteiger partial charge is 0.326 e. The van der Waals surface area contributed by atoms with Crippen molar-refractivity contribution in [2.45, 2.75) is 222 Å². The van der Waals surface area contributed by atoms with Gasteiger partial charge in [0.1, 0.15) is 66.5 Å². The number of aliphatic hydroxyl groups excluding tert-OH is 1. The van der Waals surface area contributed by atoms with Crippen LogP contribution in [-0.4, -0.2) is 243 Å². The second-order valence-electron chi connectivity index (χ2n) is 26.4. The van der Waals surface area contributed by atoms with E-state index in [1.54, 1.807) is 13.8 Å². The lowest BCUT2D eigenvalue weighted by molar-refractivity contribution is -0.143. The summed E-state index contributed by atoms with van der Waals surface area (Å²) < 4.78 is 0. The number of hydrogen-bond donors (Lipinski definition) is 18. The number of guanidine groups is 2. The molecule has 23 N–H and O–H groups in total. The third kappa shape index (κ3) is 27.9. The number of likely N-dealkylation sites (tertiary alicyclic amines) is 2. The number of thioether (sulfide) groups is 1. The number of nitrogens with one attached hydrogen (secondary N) is 11. The number of carbonyl (C=O) groups excluding carboxylic acids is 12. The van der Waals surface area contributed by atoms with Crippen LogP contribution in [0.15, 0.2) is 22.5 Å². The van der Waals surface area contributed by atoms with E-state index >= 15 is 0 Å². The molecule has 101 heavy (non-hydrogen) atoms. The van der Waals surface area contributed by atoms with Crippen molar-refractivity contribution in [3.05, 3.63) is 18.2 Å². The maximum absolute atomic E-state index is 14.5. The Bertz CT molecular complexity index is 3020. The maximum Gasteiger partial charge on any atom is 0.326 e. The van der Waals surface area contributed by atoms with Gasteiger partial charge < -0.3 is 107 Å². The van der Waals surface area contributed by atoms with Crippen molar-refractivity contribution in [2.75, 3.05) is 57.9 Å². The molecule has 11 atom stereocenters. The second kappa shape index (κ2) is 43.1. The largest absolute Gasteiger partial charge is 0.480 e. The first-order valence-electron chi connectivity index (χ1n) is 34.9. The minimum atomic E-state index is -1.76. The van der Waals surface area contributed by atoms with Crippen molar-refractivity contribution in [2.24, 2.45) is 50.5 Å². The Kier molecular flexibility index (Phi) is 35.3. The van der Waals surface area contributed by atoms with Gasteiger partial charge in [0.05, 0.1) is 19.5 Å². The Hall–Kier alpha value is -8.87. The number of aromatic amines is 1. The molecule has 0 radical (unpaired) electrons. The van der Waals surface area contributed by atoms with E-state index < -0.39 is 151 Å². The SMILES string of the molecule is CSCC[C@H](NC(=O)[C@@H]1CCCN1C(=O)CNC(=O)[C@H](CCCCN)NC(=O)[C@H](Cc1cnc[nH]1)NC(=O)[C@H](CO)NC(=O)[C@H](CC(C)C)NC(=O)[C@H](CCCN=C(N)N)NC(=O)[C@@H]1CCCN1C(=O)[C@H](CCCN=C(N)N)NC(=O)[C@@H]1CCC(=O)N1)C(=O)N[C@@H](CC1CCCCC1)C(=O)O. The normalized spacial score (nSPS) is 19.1. The molecule has 37 heteroatoms. The van der Waals surface area contributed by atoms with Crippen molar-refractivity contribution in [3.63, 3.8) is 0 Å². The molecule has 1 aromatic heterocycles. The summed E-state index contributed by atoms with van der Waals surface area (Å²) in [6, 6.07) is -13.8. The van der Waals surface area contributed by atoms with Gasteiger partial charge >= 0.3 is 5.97 Å². The van der Waals surface area contributed by atoms with Crippen LogP contribution in [0.2, 0.25) is 0 Å². The second-order valence-corrected chi connectivity index (χ2v) is 27.4. The van der Waals surface area contributed by atoms with Crippen LogP contribution in [0, 0.1) is 11.8 Å². The lowest BCUT2D eigenvalue weighted by Crippen LogP contribution is -2.61. The highest BCUT2D eigenvalue weighted by molar-refractivity contribution is 7.98. The fourth-order valence-electron chi connectivity index (χ4n) is 12.7. The van der Waals surface area contributed by atoms with Crippen LogP contribution in [-0.2, 0) is 68.7 Å². The lowest BCUT2D eigenvalue weighted by atomic mass is 9.85. The number of rotatable bonds is 43. The van der Waals surface area contributed by atoms with E-state index in [0.29, 0.717) is 37.1 Å². The number of unbranched alkanes of at least 4 members (excludes halogenated alkanes) is 1. The van der Waals surface area contributed by atoms with Gasteiger partial charge in [-0.05, 0) is 127 Å². The number of carboxylic acid groups (broad SMARTS) is 1. The minimum Gasteiger partial charge on any atom is -0.480 e. The molecule has 1 saturated carbocycles. The quantitative estimate of drug-likeness (QED) is 0.0166. The average molecular weight is 1440 g/mol. The summed E-state index contributed by atoms with van der Waals surface area (Å²) in [6.07, 6.45) is 12.1. The van der Waals surface area contributed by atoms with Crippen LogP contribution in [0.1, 0.15) is 154 Å². The van der Waals surface area contributed by atoms with Gasteiger partial charge in [-0.25, -0.2) is 9.78 Å². The number of aliphatic imine (C=N–C) groups is 2. The highest BCUT2D eigenvalue weighted by Crippen LogP contribution is 2.28. The third-order valence-electron chi connectivity index (χ3n) is 18.1. The number of nitrogens with two attached hydrogens (primary N) is 5. The Morgan fingerprint density at radius 2 is 1.14 bits per heavy atom. The topological polar surface area (TPSA) is 573 Å². The molecular weight excluding hydrogens is 1330 g/mol. The molecule has 0 aromatic carbocycles. The number of carboxylic acids is 1. The summed E-state index contributed by atoms with van der Waals surface area (Å²) in [5.74, 6) is -9.99. The monoisotopic (exact) mass is 1440 g/mol. The minimum absolute atomic E-state index is 0.0121. The first kappa shape index (κ1) is 82.8. The van der Waals surface area contributed by atoms with Gasteiger partial charge in [-0.2, -0.15) is 11.8 Å². The summed E-state index contributed by atoms with van der Waals surface area (Å²) in [4.78, 5) is 197. The zero-order valence-electron chi connectivity index (χ0n) is 58.1. The van der Waals surface area contributed by atoms with E-state index in [0.717, 1.165) is 32.1 Å². The average Bonchev–Trinajstić information content (AvgIpc) is 1.74. The number of nitrogens with zero attached hydrogens (tertiary/aromatic N) is 5. The molecule has 12 amide bonds. The van der Waals surface area contributed by atoms with E-state index in [4.69, 9.17) is 28.7 Å². The van der Waals surface area contributed by atoms with Crippen LogP contribution in [0.3, 0.4) is 0 Å². The number of amides is 12. The molecule has 36 nitrogen and oxygen atoms in total. The number of imidazole rings is 1. The van der Waals surface area contributed by atoms with E-state index in [1.165, 1.54) is 34.1 Å². The number of aliphatic carboxylic acids is 1. The van der Waals surface area contributed by atoms with Crippen molar-refractivity contribution >= 4 is 101 Å². The summed E-state index contributed by atoms with van der Waals surface area (Å²) in [6.45, 7) is 2.51. The lowest BCUT2D eigenvalue weighted by Gasteiger charge is -2.31. The number of H-pyrrole nitrogens is 1. The Labute approximate surface area is 591 Å². The van der Waals surface area contributed by atoms with Gasteiger partial charge in [0.25, 0.3) is 0 Å². The van der Waals surface area contributed by atoms with Crippen molar-refractivity contribution in [1.82, 2.24) is 72.9 Å². The van der Waals surface area contributed by atoms with Gasteiger partial charge in [-0.3, -0.25) is 67.5 Å².